The van der Waals surface area contributed by atoms with E-state index in [1.807, 2.05) is 16.8 Å². The Morgan fingerprint density at radius 3 is 2.65 bits per heavy atom. The van der Waals surface area contributed by atoms with E-state index in [1.54, 1.807) is 12.1 Å². The zero-order valence-corrected chi connectivity index (χ0v) is 10.8. The highest BCUT2D eigenvalue weighted by Gasteiger charge is 2.19. The van der Waals surface area contributed by atoms with Gasteiger partial charge in [0.15, 0.2) is 11.6 Å². The molecule has 3 aromatic rings. The van der Waals surface area contributed by atoms with Crippen LogP contribution in [0.2, 0.25) is 0 Å². The Bertz CT molecular complexity index is 775. The van der Waals surface area contributed by atoms with Gasteiger partial charge in [-0.3, -0.25) is 0 Å². The number of aryl methyl sites for hydroxylation is 2. The summed E-state index contributed by atoms with van der Waals surface area (Å²) in [5.74, 6) is 1.30. The summed E-state index contributed by atoms with van der Waals surface area (Å²) in [4.78, 5) is 4.62. The van der Waals surface area contributed by atoms with Gasteiger partial charge in [0.2, 0.25) is 0 Å². The lowest BCUT2D eigenvalue weighted by molar-refractivity contribution is 0.607. The van der Waals surface area contributed by atoms with Crippen molar-refractivity contribution in [1.82, 2.24) is 14.8 Å². The largest absolute Gasteiger partial charge is 0.245 e. The number of hydrogen-bond acceptors (Lipinski definition) is 2. The van der Waals surface area contributed by atoms with Crippen molar-refractivity contribution in [3.05, 3.63) is 59.9 Å². The van der Waals surface area contributed by atoms with Crippen molar-refractivity contribution in [2.24, 2.45) is 0 Å². The monoisotopic (exact) mass is 265 g/mol. The molecule has 0 amide bonds. The van der Waals surface area contributed by atoms with Gasteiger partial charge in [0.25, 0.3) is 0 Å². The smallest absolute Gasteiger partial charge is 0.181 e. The minimum atomic E-state index is -0.247. The molecule has 1 aliphatic heterocycles. The Morgan fingerprint density at radius 2 is 1.80 bits per heavy atom. The molecule has 0 spiro atoms. The second-order valence-electron chi connectivity index (χ2n) is 4.90. The fraction of sp³-hybridized carbons (Fsp3) is 0.125. The number of halogens is 1. The van der Waals surface area contributed by atoms with Crippen LogP contribution >= 0.6 is 0 Å². The first-order valence-electron chi connectivity index (χ1n) is 6.60. The zero-order valence-electron chi connectivity index (χ0n) is 10.8. The van der Waals surface area contributed by atoms with E-state index in [1.165, 1.54) is 17.7 Å². The van der Waals surface area contributed by atoms with E-state index in [0.717, 1.165) is 29.9 Å². The Kier molecular flexibility index (Phi) is 2.42. The molecule has 0 aliphatic carbocycles. The van der Waals surface area contributed by atoms with Gasteiger partial charge in [-0.1, -0.05) is 24.3 Å². The van der Waals surface area contributed by atoms with Crippen LogP contribution in [-0.2, 0) is 13.0 Å². The SMILES string of the molecule is Fc1ccc(-c2nc3n(n2)CCc2ccccc2-3)cc1. The summed E-state index contributed by atoms with van der Waals surface area (Å²) in [7, 11) is 0. The second-order valence-corrected chi connectivity index (χ2v) is 4.90. The molecule has 0 bridgehead atoms. The molecule has 1 aromatic heterocycles. The molecule has 20 heavy (non-hydrogen) atoms. The van der Waals surface area contributed by atoms with Crippen LogP contribution in [-0.4, -0.2) is 14.8 Å². The summed E-state index contributed by atoms with van der Waals surface area (Å²) in [5.41, 5.74) is 3.28. The van der Waals surface area contributed by atoms with E-state index in [2.05, 4.69) is 22.2 Å². The molecule has 4 rings (SSSR count). The van der Waals surface area contributed by atoms with Crippen LogP contribution in [0.5, 0.6) is 0 Å². The lowest BCUT2D eigenvalue weighted by atomic mass is 10.0. The molecule has 2 aromatic carbocycles. The quantitative estimate of drug-likeness (QED) is 0.676. The number of aromatic nitrogens is 3. The number of hydrogen-bond donors (Lipinski definition) is 0. The van der Waals surface area contributed by atoms with Gasteiger partial charge in [0.05, 0.1) is 0 Å². The molecule has 3 nitrogen and oxygen atoms in total. The first-order chi connectivity index (χ1) is 9.81. The molecule has 0 N–H and O–H groups in total. The lowest BCUT2D eigenvalue weighted by Crippen LogP contribution is -2.11. The van der Waals surface area contributed by atoms with E-state index in [4.69, 9.17) is 0 Å². The maximum Gasteiger partial charge on any atom is 0.181 e. The summed E-state index contributed by atoms with van der Waals surface area (Å²) >= 11 is 0. The fourth-order valence-electron chi connectivity index (χ4n) is 2.60. The van der Waals surface area contributed by atoms with Gasteiger partial charge >= 0.3 is 0 Å². The van der Waals surface area contributed by atoms with Crippen LogP contribution < -0.4 is 0 Å². The van der Waals surface area contributed by atoms with E-state index >= 15 is 0 Å². The van der Waals surface area contributed by atoms with Crippen LogP contribution in [0.4, 0.5) is 4.39 Å². The third kappa shape index (κ3) is 1.72. The molecule has 0 atom stereocenters. The maximum atomic E-state index is 13.0. The molecule has 0 fully saturated rings. The van der Waals surface area contributed by atoms with E-state index in [-0.39, 0.29) is 5.82 Å². The van der Waals surface area contributed by atoms with Gasteiger partial charge in [-0.2, -0.15) is 5.10 Å². The lowest BCUT2D eigenvalue weighted by Gasteiger charge is -2.15. The maximum absolute atomic E-state index is 13.0. The van der Waals surface area contributed by atoms with Gasteiger partial charge < -0.3 is 0 Å². The van der Waals surface area contributed by atoms with Gasteiger partial charge in [-0.15, -0.1) is 0 Å². The Balaban J connectivity index is 1.84. The molecule has 98 valence electrons. The van der Waals surface area contributed by atoms with Gasteiger partial charge in [0.1, 0.15) is 5.82 Å². The topological polar surface area (TPSA) is 30.7 Å². The van der Waals surface area contributed by atoms with Crippen molar-refractivity contribution in [2.75, 3.05) is 0 Å². The standard InChI is InChI=1S/C16H12FN3/c17-13-7-5-12(6-8-13)15-18-16-14-4-2-1-3-11(14)9-10-20(16)19-15/h1-8H,9-10H2. The van der Waals surface area contributed by atoms with Crippen LogP contribution in [0, 0.1) is 5.82 Å². The molecule has 0 saturated carbocycles. The average molecular weight is 265 g/mol. The molecule has 0 radical (unpaired) electrons. The normalized spacial score (nSPS) is 12.8. The summed E-state index contributed by atoms with van der Waals surface area (Å²) in [6.45, 7) is 0.834. The summed E-state index contributed by atoms with van der Waals surface area (Å²) in [5, 5.41) is 4.53. The number of nitrogens with zero attached hydrogens (tertiary/aromatic N) is 3. The van der Waals surface area contributed by atoms with Crippen molar-refractivity contribution < 1.29 is 4.39 Å². The summed E-state index contributed by atoms with van der Waals surface area (Å²) in [6.07, 6.45) is 0.968. The number of benzene rings is 2. The van der Waals surface area contributed by atoms with Gasteiger partial charge in [0, 0.05) is 17.7 Å². The highest BCUT2D eigenvalue weighted by Crippen LogP contribution is 2.29. The molecule has 0 unspecified atom stereocenters. The molecule has 1 aliphatic rings. The van der Waals surface area contributed by atoms with Crippen molar-refractivity contribution in [1.29, 1.82) is 0 Å². The predicted molar refractivity (Wildman–Crippen MR) is 74.6 cm³/mol. The Morgan fingerprint density at radius 1 is 1.00 bits per heavy atom. The van der Waals surface area contributed by atoms with Crippen molar-refractivity contribution in [3.8, 4) is 22.8 Å². The van der Waals surface area contributed by atoms with Gasteiger partial charge in [-0.25, -0.2) is 14.1 Å². The summed E-state index contributed by atoms with van der Waals surface area (Å²) in [6, 6.07) is 14.6. The highest BCUT2D eigenvalue weighted by atomic mass is 19.1. The fourth-order valence-corrected chi connectivity index (χ4v) is 2.60. The average Bonchev–Trinajstić information content (AvgIpc) is 2.92. The minimum absolute atomic E-state index is 0.247. The Labute approximate surface area is 115 Å². The Hall–Kier alpha value is -2.49. The summed E-state index contributed by atoms with van der Waals surface area (Å²) < 4.78 is 14.9. The zero-order chi connectivity index (χ0) is 13.5. The number of rotatable bonds is 1. The van der Waals surface area contributed by atoms with Crippen molar-refractivity contribution in [2.45, 2.75) is 13.0 Å². The predicted octanol–water partition coefficient (Wildman–Crippen LogP) is 3.31. The molecule has 2 heterocycles. The van der Waals surface area contributed by atoms with E-state index in [9.17, 15) is 4.39 Å². The van der Waals surface area contributed by atoms with Crippen molar-refractivity contribution in [3.63, 3.8) is 0 Å². The highest BCUT2D eigenvalue weighted by molar-refractivity contribution is 5.65. The van der Waals surface area contributed by atoms with Crippen LogP contribution in [0.15, 0.2) is 48.5 Å². The van der Waals surface area contributed by atoms with Crippen LogP contribution in [0.3, 0.4) is 0 Å². The first kappa shape index (κ1) is 11.3. The van der Waals surface area contributed by atoms with Crippen LogP contribution in [0.1, 0.15) is 5.56 Å². The van der Waals surface area contributed by atoms with Crippen LogP contribution in [0.25, 0.3) is 22.8 Å². The van der Waals surface area contributed by atoms with E-state index < -0.39 is 0 Å². The first-order valence-corrected chi connectivity index (χ1v) is 6.60. The molecular weight excluding hydrogens is 253 g/mol. The minimum Gasteiger partial charge on any atom is -0.245 e. The van der Waals surface area contributed by atoms with Crippen molar-refractivity contribution >= 4 is 0 Å². The molecular formula is C16H12FN3. The second kappa shape index (κ2) is 4.27. The molecule has 0 saturated heterocycles. The third-order valence-corrected chi connectivity index (χ3v) is 3.63. The third-order valence-electron chi connectivity index (χ3n) is 3.63. The van der Waals surface area contributed by atoms with Gasteiger partial charge in [-0.05, 0) is 36.2 Å². The van der Waals surface area contributed by atoms with E-state index in [0.29, 0.717) is 5.82 Å². The number of fused-ring (bicyclic) bond motifs is 3. The molecule has 4 heteroatoms.